The number of rotatable bonds is 5. The van der Waals surface area contributed by atoms with E-state index in [1.165, 1.54) is 5.01 Å². The number of hydrogen-bond acceptors (Lipinski definition) is 4. The van der Waals surface area contributed by atoms with Crippen LogP contribution in [0.15, 0.2) is 82.6 Å². The number of aromatic nitrogens is 1. The third-order valence-corrected chi connectivity index (χ3v) is 5.00. The lowest BCUT2D eigenvalue weighted by atomic mass is 9.98. The van der Waals surface area contributed by atoms with Crippen LogP contribution in [0.1, 0.15) is 23.6 Å². The molecule has 1 amide bonds. The average molecular weight is 421 g/mol. The first-order chi connectivity index (χ1) is 13.2. The van der Waals surface area contributed by atoms with Crippen molar-refractivity contribution >= 4 is 39.4 Å². The molecule has 0 spiro atoms. The van der Waals surface area contributed by atoms with Crippen molar-refractivity contribution in [2.75, 3.05) is 5.32 Å². The lowest BCUT2D eigenvalue weighted by Gasteiger charge is -2.17. The topological polar surface area (TPSA) is 57.6 Å². The van der Waals surface area contributed by atoms with E-state index in [0.29, 0.717) is 6.42 Å². The monoisotopic (exact) mass is 420 g/mol. The van der Waals surface area contributed by atoms with Crippen molar-refractivity contribution < 1.29 is 4.79 Å². The van der Waals surface area contributed by atoms with Crippen molar-refractivity contribution in [1.29, 1.82) is 0 Å². The van der Waals surface area contributed by atoms with E-state index in [1.807, 2.05) is 60.7 Å². The van der Waals surface area contributed by atoms with Gasteiger partial charge in [-0.2, -0.15) is 5.10 Å². The molecule has 1 N–H and O–H groups in total. The maximum absolute atomic E-state index is 11.5. The van der Waals surface area contributed by atoms with Crippen LogP contribution in [0.4, 0.5) is 11.4 Å². The molecule has 0 saturated carbocycles. The Kier molecular flexibility index (Phi) is 4.98. The molecule has 27 heavy (non-hydrogen) atoms. The second-order valence-corrected chi connectivity index (χ2v) is 7.16. The lowest BCUT2D eigenvalue weighted by Crippen LogP contribution is -2.17. The highest BCUT2D eigenvalue weighted by Gasteiger charge is 2.28. The molecule has 0 saturated heterocycles. The third-order valence-electron chi connectivity index (χ3n) is 4.47. The summed E-state index contributed by atoms with van der Waals surface area (Å²) in [5.74, 6) is 0. The number of hydrazone groups is 1. The number of carbonyl (C=O) groups is 1. The van der Waals surface area contributed by atoms with Crippen LogP contribution in [0.5, 0.6) is 0 Å². The van der Waals surface area contributed by atoms with Gasteiger partial charge >= 0.3 is 0 Å². The van der Waals surface area contributed by atoms with Gasteiger partial charge in [-0.1, -0.05) is 40.2 Å². The summed E-state index contributed by atoms with van der Waals surface area (Å²) in [6.45, 7) is 0. The highest BCUT2D eigenvalue weighted by Crippen LogP contribution is 2.32. The van der Waals surface area contributed by atoms with Crippen LogP contribution in [-0.4, -0.2) is 22.1 Å². The molecule has 5 nitrogen and oxygen atoms in total. The minimum absolute atomic E-state index is 0.0811. The van der Waals surface area contributed by atoms with Gasteiger partial charge in [-0.25, -0.2) is 5.01 Å². The number of anilines is 2. The van der Waals surface area contributed by atoms with Crippen molar-refractivity contribution in [3.05, 3.63) is 88.7 Å². The summed E-state index contributed by atoms with van der Waals surface area (Å²) in [4.78, 5) is 15.6. The predicted molar refractivity (Wildman–Crippen MR) is 110 cm³/mol. The zero-order valence-corrected chi connectivity index (χ0v) is 16.0. The van der Waals surface area contributed by atoms with Gasteiger partial charge in [0.25, 0.3) is 0 Å². The zero-order valence-electron chi connectivity index (χ0n) is 14.4. The number of benzene rings is 2. The fourth-order valence-electron chi connectivity index (χ4n) is 3.13. The van der Waals surface area contributed by atoms with Crippen LogP contribution >= 0.6 is 15.9 Å². The molecule has 1 aliphatic rings. The van der Waals surface area contributed by atoms with Crippen molar-refractivity contribution in [2.24, 2.45) is 5.10 Å². The van der Waals surface area contributed by atoms with E-state index in [2.05, 4.69) is 31.3 Å². The smallest absolute Gasteiger partial charge is 0.230 e. The number of nitrogens with one attached hydrogen (secondary N) is 1. The number of halogens is 1. The summed E-state index contributed by atoms with van der Waals surface area (Å²) in [7, 11) is 0. The van der Waals surface area contributed by atoms with E-state index in [-0.39, 0.29) is 6.04 Å². The first-order valence-corrected chi connectivity index (χ1v) is 9.36. The van der Waals surface area contributed by atoms with E-state index in [0.717, 1.165) is 39.1 Å². The summed E-state index contributed by atoms with van der Waals surface area (Å²) >= 11 is 3.45. The molecule has 6 heteroatoms. The van der Waals surface area contributed by atoms with Gasteiger partial charge in [0, 0.05) is 34.7 Å². The molecule has 0 fully saturated rings. The lowest BCUT2D eigenvalue weighted by molar-refractivity contribution is -0.119. The minimum Gasteiger partial charge on any atom is -0.355 e. The number of carbonyl (C=O) groups excluding carboxylic acids is 1. The van der Waals surface area contributed by atoms with Gasteiger partial charge < -0.3 is 5.32 Å². The van der Waals surface area contributed by atoms with Crippen molar-refractivity contribution in [1.82, 2.24) is 9.99 Å². The van der Waals surface area contributed by atoms with Gasteiger partial charge in [-0.15, -0.1) is 0 Å². The molecule has 3 aromatic rings. The SMILES string of the molecule is O=CN1N=C(c2cccc(Nc3ccncc3)c2)CC1c1ccc(Br)cc1. The Morgan fingerprint density at radius 2 is 1.81 bits per heavy atom. The van der Waals surface area contributed by atoms with Crippen LogP contribution in [0.25, 0.3) is 0 Å². The number of amides is 1. The molecule has 4 rings (SSSR count). The molecular weight excluding hydrogens is 404 g/mol. The molecule has 0 radical (unpaired) electrons. The van der Waals surface area contributed by atoms with E-state index in [9.17, 15) is 4.79 Å². The Hall–Kier alpha value is -2.99. The second-order valence-electron chi connectivity index (χ2n) is 6.25. The van der Waals surface area contributed by atoms with Gasteiger partial charge in [0.2, 0.25) is 6.41 Å². The molecular formula is C21H17BrN4O. The Bertz CT molecular complexity index is 973. The normalized spacial score (nSPS) is 16.1. The minimum atomic E-state index is -0.0811. The standard InChI is InChI=1S/C21H17BrN4O/c22-17-6-4-15(5-7-17)21-13-20(25-26(21)14-27)16-2-1-3-19(12-16)24-18-8-10-23-11-9-18/h1-12,14,21H,13H2,(H,23,24). The fraction of sp³-hybridized carbons (Fsp3) is 0.0952. The number of nitrogens with zero attached hydrogens (tertiary/aromatic N) is 3. The van der Waals surface area contributed by atoms with Gasteiger partial charge in [-0.3, -0.25) is 9.78 Å². The second kappa shape index (κ2) is 7.72. The molecule has 0 aliphatic carbocycles. The Morgan fingerprint density at radius 3 is 2.56 bits per heavy atom. The van der Waals surface area contributed by atoms with E-state index in [1.54, 1.807) is 12.4 Å². The first-order valence-electron chi connectivity index (χ1n) is 8.57. The van der Waals surface area contributed by atoms with Crippen molar-refractivity contribution in [2.45, 2.75) is 12.5 Å². The first kappa shape index (κ1) is 17.4. The summed E-state index contributed by atoms with van der Waals surface area (Å²) in [6, 6.07) is 19.8. The number of pyridine rings is 1. The van der Waals surface area contributed by atoms with E-state index < -0.39 is 0 Å². The van der Waals surface area contributed by atoms with Crippen LogP contribution in [0.3, 0.4) is 0 Å². The molecule has 2 heterocycles. The summed E-state index contributed by atoms with van der Waals surface area (Å²) < 4.78 is 1.01. The largest absolute Gasteiger partial charge is 0.355 e. The third kappa shape index (κ3) is 3.90. The maximum atomic E-state index is 11.5. The Labute approximate surface area is 165 Å². The molecule has 1 unspecified atom stereocenters. The van der Waals surface area contributed by atoms with Crippen LogP contribution in [0.2, 0.25) is 0 Å². The average Bonchev–Trinajstić information content (AvgIpc) is 3.14. The van der Waals surface area contributed by atoms with Crippen molar-refractivity contribution in [3.63, 3.8) is 0 Å². The van der Waals surface area contributed by atoms with Gasteiger partial charge in [0.15, 0.2) is 0 Å². The quantitative estimate of drug-likeness (QED) is 0.597. The van der Waals surface area contributed by atoms with Crippen LogP contribution in [-0.2, 0) is 4.79 Å². The highest BCUT2D eigenvalue weighted by atomic mass is 79.9. The molecule has 0 bridgehead atoms. The molecule has 1 aromatic heterocycles. The highest BCUT2D eigenvalue weighted by molar-refractivity contribution is 9.10. The van der Waals surface area contributed by atoms with Crippen molar-refractivity contribution in [3.8, 4) is 0 Å². The zero-order chi connectivity index (χ0) is 18.6. The van der Waals surface area contributed by atoms with E-state index in [4.69, 9.17) is 0 Å². The summed E-state index contributed by atoms with van der Waals surface area (Å²) in [6.07, 6.45) is 4.97. The van der Waals surface area contributed by atoms with Gasteiger partial charge in [0.05, 0.1) is 11.8 Å². The summed E-state index contributed by atoms with van der Waals surface area (Å²) in [5.41, 5.74) is 4.90. The van der Waals surface area contributed by atoms with Crippen LogP contribution < -0.4 is 5.32 Å². The molecule has 1 atom stereocenters. The molecule has 2 aromatic carbocycles. The number of hydrogen-bond donors (Lipinski definition) is 1. The molecule has 1 aliphatic heterocycles. The fourth-order valence-corrected chi connectivity index (χ4v) is 3.40. The van der Waals surface area contributed by atoms with Gasteiger partial charge in [-0.05, 0) is 47.5 Å². The van der Waals surface area contributed by atoms with E-state index >= 15 is 0 Å². The Balaban J connectivity index is 1.57. The molecule has 134 valence electrons. The van der Waals surface area contributed by atoms with Gasteiger partial charge in [0.1, 0.15) is 0 Å². The summed E-state index contributed by atoms with van der Waals surface area (Å²) in [5, 5.41) is 9.40. The Morgan fingerprint density at radius 1 is 1.04 bits per heavy atom. The predicted octanol–water partition coefficient (Wildman–Crippen LogP) is 4.90. The van der Waals surface area contributed by atoms with Crippen LogP contribution in [0, 0.1) is 0 Å². The maximum Gasteiger partial charge on any atom is 0.230 e.